The Morgan fingerprint density at radius 3 is 2.71 bits per heavy atom. The molecule has 0 saturated heterocycles. The molecule has 0 bridgehead atoms. The van der Waals surface area contributed by atoms with E-state index in [-0.39, 0.29) is 17.9 Å². The van der Waals surface area contributed by atoms with Crippen molar-refractivity contribution in [1.29, 1.82) is 0 Å². The van der Waals surface area contributed by atoms with Gasteiger partial charge in [0.15, 0.2) is 0 Å². The van der Waals surface area contributed by atoms with Crippen molar-refractivity contribution < 1.29 is 9.90 Å². The van der Waals surface area contributed by atoms with E-state index >= 15 is 0 Å². The SMILES string of the molecule is CCC(CCO)CNC(=O)C1(c2cccc(C)c2)CCC1. The van der Waals surface area contributed by atoms with E-state index in [4.69, 9.17) is 5.11 Å². The first-order chi connectivity index (χ1) is 10.1. The number of hydrogen-bond acceptors (Lipinski definition) is 2. The highest BCUT2D eigenvalue weighted by Gasteiger charge is 2.45. The number of carbonyl (C=O) groups excluding carboxylic acids is 1. The van der Waals surface area contributed by atoms with Gasteiger partial charge in [0, 0.05) is 13.2 Å². The van der Waals surface area contributed by atoms with Gasteiger partial charge in [-0.1, -0.05) is 49.6 Å². The topological polar surface area (TPSA) is 49.3 Å². The summed E-state index contributed by atoms with van der Waals surface area (Å²) < 4.78 is 0. The van der Waals surface area contributed by atoms with Gasteiger partial charge in [-0.15, -0.1) is 0 Å². The number of aliphatic hydroxyl groups excluding tert-OH is 1. The lowest BCUT2D eigenvalue weighted by Gasteiger charge is -2.41. The third-order valence-corrected chi connectivity index (χ3v) is 4.88. The Bertz CT molecular complexity index is 480. The quantitative estimate of drug-likeness (QED) is 0.811. The Kier molecular flexibility index (Phi) is 5.40. The molecule has 1 aliphatic carbocycles. The van der Waals surface area contributed by atoms with Gasteiger partial charge in [0.1, 0.15) is 0 Å². The summed E-state index contributed by atoms with van der Waals surface area (Å²) in [6.07, 6.45) is 4.75. The number of nitrogens with one attached hydrogen (secondary N) is 1. The number of rotatable bonds is 7. The minimum absolute atomic E-state index is 0.163. The van der Waals surface area contributed by atoms with Gasteiger partial charge in [0.2, 0.25) is 5.91 Å². The molecule has 2 rings (SSSR count). The zero-order chi connectivity index (χ0) is 15.3. The van der Waals surface area contributed by atoms with Crippen molar-refractivity contribution >= 4 is 5.91 Å². The van der Waals surface area contributed by atoms with Crippen LogP contribution >= 0.6 is 0 Å². The molecule has 0 radical (unpaired) electrons. The van der Waals surface area contributed by atoms with Gasteiger partial charge in [-0.25, -0.2) is 0 Å². The molecule has 21 heavy (non-hydrogen) atoms. The normalized spacial score (nSPS) is 17.9. The monoisotopic (exact) mass is 289 g/mol. The van der Waals surface area contributed by atoms with Crippen molar-refractivity contribution in [3.63, 3.8) is 0 Å². The second kappa shape index (κ2) is 7.08. The van der Waals surface area contributed by atoms with Gasteiger partial charge < -0.3 is 10.4 Å². The van der Waals surface area contributed by atoms with Crippen LogP contribution in [-0.2, 0) is 10.2 Å². The van der Waals surface area contributed by atoms with Crippen LogP contribution < -0.4 is 5.32 Å². The largest absolute Gasteiger partial charge is 0.396 e. The van der Waals surface area contributed by atoms with Crippen LogP contribution in [0.15, 0.2) is 24.3 Å². The molecule has 0 heterocycles. The van der Waals surface area contributed by atoms with Crippen molar-refractivity contribution in [3.8, 4) is 0 Å². The molecule has 2 N–H and O–H groups in total. The minimum Gasteiger partial charge on any atom is -0.396 e. The summed E-state index contributed by atoms with van der Waals surface area (Å²) in [7, 11) is 0. The van der Waals surface area contributed by atoms with Crippen LogP contribution in [0.1, 0.15) is 50.2 Å². The highest BCUT2D eigenvalue weighted by Crippen LogP contribution is 2.44. The second-order valence-electron chi connectivity index (χ2n) is 6.30. The molecule has 1 atom stereocenters. The Hall–Kier alpha value is -1.35. The molecule has 116 valence electrons. The summed E-state index contributed by atoms with van der Waals surface area (Å²) in [5, 5.41) is 12.2. The molecule has 1 aliphatic rings. The second-order valence-corrected chi connectivity index (χ2v) is 6.30. The summed E-state index contributed by atoms with van der Waals surface area (Å²) in [6, 6.07) is 8.33. The Morgan fingerprint density at radius 1 is 1.43 bits per heavy atom. The number of amides is 1. The molecule has 1 fully saturated rings. The van der Waals surface area contributed by atoms with Crippen LogP contribution in [0.3, 0.4) is 0 Å². The minimum atomic E-state index is -0.316. The highest BCUT2D eigenvalue weighted by atomic mass is 16.3. The fourth-order valence-corrected chi connectivity index (χ4v) is 3.16. The molecule has 1 aromatic carbocycles. The first-order valence-corrected chi connectivity index (χ1v) is 8.08. The van der Waals surface area contributed by atoms with E-state index in [0.29, 0.717) is 12.5 Å². The van der Waals surface area contributed by atoms with Crippen molar-refractivity contribution in [2.75, 3.05) is 13.2 Å². The molecule has 3 nitrogen and oxygen atoms in total. The van der Waals surface area contributed by atoms with Crippen LogP contribution in [0.25, 0.3) is 0 Å². The molecule has 0 aromatic heterocycles. The van der Waals surface area contributed by atoms with E-state index in [9.17, 15) is 4.79 Å². The lowest BCUT2D eigenvalue weighted by molar-refractivity contribution is -0.130. The first-order valence-electron chi connectivity index (χ1n) is 8.08. The van der Waals surface area contributed by atoms with Crippen LogP contribution in [0.2, 0.25) is 0 Å². The van der Waals surface area contributed by atoms with Crippen LogP contribution in [0.5, 0.6) is 0 Å². The average Bonchev–Trinajstić information content (AvgIpc) is 2.42. The molecule has 1 aromatic rings. The van der Waals surface area contributed by atoms with Crippen molar-refractivity contribution in [1.82, 2.24) is 5.32 Å². The van der Waals surface area contributed by atoms with E-state index in [2.05, 4.69) is 37.4 Å². The molecule has 1 amide bonds. The smallest absolute Gasteiger partial charge is 0.230 e. The number of aliphatic hydroxyl groups is 1. The molecule has 1 unspecified atom stereocenters. The standard InChI is InChI=1S/C18H27NO2/c1-3-15(8-11-20)13-19-17(21)18(9-5-10-18)16-7-4-6-14(2)12-16/h4,6-7,12,15,20H,3,5,8-11,13H2,1-2H3,(H,19,21). The van der Waals surface area contributed by atoms with Crippen molar-refractivity contribution in [2.45, 2.75) is 51.4 Å². The lowest BCUT2D eigenvalue weighted by Crippen LogP contribution is -2.50. The summed E-state index contributed by atoms with van der Waals surface area (Å²) in [5.74, 6) is 0.532. The van der Waals surface area contributed by atoms with E-state index in [1.165, 1.54) is 5.56 Å². The number of carbonyl (C=O) groups is 1. The predicted octanol–water partition coefficient (Wildman–Crippen LogP) is 2.94. The maximum atomic E-state index is 12.7. The molecule has 1 saturated carbocycles. The zero-order valence-corrected chi connectivity index (χ0v) is 13.2. The fraction of sp³-hybridized carbons (Fsp3) is 0.611. The average molecular weight is 289 g/mol. The van der Waals surface area contributed by atoms with Gasteiger partial charge in [-0.05, 0) is 37.7 Å². The molecule has 0 aliphatic heterocycles. The summed E-state index contributed by atoms with van der Waals surface area (Å²) >= 11 is 0. The van der Waals surface area contributed by atoms with Gasteiger partial charge in [-0.2, -0.15) is 0 Å². The van der Waals surface area contributed by atoms with Crippen molar-refractivity contribution in [2.24, 2.45) is 5.92 Å². The van der Waals surface area contributed by atoms with Gasteiger partial charge in [0.25, 0.3) is 0 Å². The Labute approximate surface area is 127 Å². The third-order valence-electron chi connectivity index (χ3n) is 4.88. The summed E-state index contributed by atoms with van der Waals surface area (Å²) in [4.78, 5) is 12.7. The van der Waals surface area contributed by atoms with Crippen LogP contribution in [-0.4, -0.2) is 24.2 Å². The maximum absolute atomic E-state index is 12.7. The van der Waals surface area contributed by atoms with Gasteiger partial charge in [0.05, 0.1) is 5.41 Å². The van der Waals surface area contributed by atoms with E-state index in [1.54, 1.807) is 0 Å². The first kappa shape index (κ1) is 16.0. The molecule has 0 spiro atoms. The van der Waals surface area contributed by atoms with Gasteiger partial charge >= 0.3 is 0 Å². The van der Waals surface area contributed by atoms with Gasteiger partial charge in [-0.3, -0.25) is 4.79 Å². The summed E-state index contributed by atoms with van der Waals surface area (Å²) in [5.41, 5.74) is 2.04. The lowest BCUT2D eigenvalue weighted by atomic mass is 9.63. The number of hydrogen-bond donors (Lipinski definition) is 2. The van der Waals surface area contributed by atoms with E-state index < -0.39 is 0 Å². The Balaban J connectivity index is 2.05. The molecular formula is C18H27NO2. The fourth-order valence-electron chi connectivity index (χ4n) is 3.16. The zero-order valence-electron chi connectivity index (χ0n) is 13.2. The highest BCUT2D eigenvalue weighted by molar-refractivity contribution is 5.89. The maximum Gasteiger partial charge on any atom is 0.230 e. The third kappa shape index (κ3) is 3.46. The Morgan fingerprint density at radius 2 is 2.19 bits per heavy atom. The molecule has 3 heteroatoms. The van der Waals surface area contributed by atoms with Crippen LogP contribution in [0.4, 0.5) is 0 Å². The predicted molar refractivity (Wildman–Crippen MR) is 85.2 cm³/mol. The van der Waals surface area contributed by atoms with Crippen molar-refractivity contribution in [3.05, 3.63) is 35.4 Å². The number of benzene rings is 1. The summed E-state index contributed by atoms with van der Waals surface area (Å²) in [6.45, 7) is 5.04. The van der Waals surface area contributed by atoms with E-state index in [1.807, 2.05) is 6.07 Å². The number of aryl methyl sites for hydroxylation is 1. The van der Waals surface area contributed by atoms with Crippen LogP contribution in [0, 0.1) is 12.8 Å². The molecular weight excluding hydrogens is 262 g/mol. The van der Waals surface area contributed by atoms with E-state index in [0.717, 1.165) is 37.7 Å².